The summed E-state index contributed by atoms with van der Waals surface area (Å²) in [7, 11) is 0. The lowest BCUT2D eigenvalue weighted by Gasteiger charge is -2.17. The smallest absolute Gasteiger partial charge is 0.00670 e. The van der Waals surface area contributed by atoms with E-state index in [1.165, 1.54) is 258 Å². The fourth-order valence-corrected chi connectivity index (χ4v) is 22.2. The molecule has 0 heteroatoms. The van der Waals surface area contributed by atoms with Crippen LogP contribution < -0.4 is 0 Å². The van der Waals surface area contributed by atoms with Gasteiger partial charge in [-0.25, -0.2) is 0 Å². The van der Waals surface area contributed by atoms with Crippen molar-refractivity contribution in [1.82, 2.24) is 0 Å². The maximum atomic E-state index is 2.33. The van der Waals surface area contributed by atoms with Crippen molar-refractivity contribution in [3.63, 3.8) is 0 Å². The molecule has 0 spiro atoms. The van der Waals surface area contributed by atoms with Crippen LogP contribution >= 0.6 is 0 Å². The van der Waals surface area contributed by atoms with Crippen molar-refractivity contribution in [2.75, 3.05) is 0 Å². The van der Waals surface area contributed by atoms with Gasteiger partial charge in [0, 0.05) is 0 Å². The number of hydrogen-bond donors (Lipinski definition) is 0. The zero-order valence-corrected chi connectivity index (χ0v) is 82.3. The molecule has 0 aliphatic rings. The second-order valence-electron chi connectivity index (χ2n) is 37.5. The lowest BCUT2D eigenvalue weighted by atomic mass is 9.86. The Balaban J connectivity index is 0.000000103. The van der Waals surface area contributed by atoms with E-state index in [-0.39, 0.29) is 0 Å². The molecule has 0 saturated carbocycles. The topological polar surface area (TPSA) is 0 Å². The van der Waals surface area contributed by atoms with Crippen molar-refractivity contribution in [1.29, 1.82) is 0 Å². The third-order valence-corrected chi connectivity index (χ3v) is 29.3. The van der Waals surface area contributed by atoms with E-state index in [9.17, 15) is 0 Å². The first-order valence-corrected chi connectivity index (χ1v) is 51.1. The Labute approximate surface area is 845 Å². The number of aryl methyl sites for hydroxylation is 5. The number of rotatable bonds is 15. The van der Waals surface area contributed by atoms with Crippen LogP contribution in [0.5, 0.6) is 0 Å². The summed E-state index contributed by atoms with van der Waals surface area (Å²) in [5.41, 5.74) is 32.9. The van der Waals surface area contributed by atoms with Gasteiger partial charge in [-0.15, -0.1) is 0 Å². The van der Waals surface area contributed by atoms with E-state index in [0.29, 0.717) is 0 Å². The van der Waals surface area contributed by atoms with E-state index in [4.69, 9.17) is 0 Å². The van der Waals surface area contributed by atoms with Gasteiger partial charge in [0.1, 0.15) is 0 Å². The van der Waals surface area contributed by atoms with Crippen LogP contribution in [0.1, 0.15) is 62.4 Å². The molecule has 0 aliphatic heterocycles. The van der Waals surface area contributed by atoms with E-state index in [0.717, 1.165) is 32.1 Å². The summed E-state index contributed by atoms with van der Waals surface area (Å²) < 4.78 is 0. The van der Waals surface area contributed by atoms with Crippen molar-refractivity contribution >= 4 is 118 Å². The van der Waals surface area contributed by atoms with Gasteiger partial charge < -0.3 is 0 Å². The first-order chi connectivity index (χ1) is 71.3. The highest BCUT2D eigenvalue weighted by Crippen LogP contribution is 2.47. The molecule has 0 amide bonds. The van der Waals surface area contributed by atoms with Crippen molar-refractivity contribution in [3.05, 3.63) is 556 Å². The van der Waals surface area contributed by atoms with Crippen LogP contribution in [0.25, 0.3) is 230 Å². The standard InChI is InChI=1S/2C32H24.2C28H22.C24H20/c1-2-22-20-21-29(27-16-7-12-23-10-3-5-14-25(23)27)31-19-9-18-30(32(22)31)28-17-8-13-24-11-4-6-15-26(24)28;1-2-22-18-19-29(27-16-14-23-8-3-5-10-25(23)20-27)31-13-7-12-30(32(22)31)28-17-15-24-9-4-6-11-26(24)21-28;1-2-20-18-19-26(25-16-8-13-21-12-6-7-14-23(21)25)27-17-9-15-24(28(20)27)22-10-4-3-5-11-22;1-2-20-17-18-25(24-16-15-21-9-6-7-12-23(21)19-24)27-14-8-13-26(28(20)27)22-10-4-3-5-11-22;1-2-18-16-17-21(19-10-5-3-6-11-19)23-15-9-14-22(24(18)23)20-12-7-4-8-13-20/h2*3-21H,2H2,1H3;2*3-19H,2H2,1H3;3-17H,2H2,1H3. The highest BCUT2D eigenvalue weighted by Gasteiger charge is 2.22. The number of fused-ring (bicyclic) bond motifs is 11. The van der Waals surface area contributed by atoms with Crippen molar-refractivity contribution in [2.24, 2.45) is 0 Å². The average Bonchev–Trinajstić information content (AvgIpc) is 0.695. The Bertz CT molecular complexity index is 9180. The van der Waals surface area contributed by atoms with E-state index < -0.39 is 0 Å². The fraction of sp³-hybridized carbons (Fsp3) is 0.0694. The molecule has 144 heavy (non-hydrogen) atoms. The third kappa shape index (κ3) is 18.3. The van der Waals surface area contributed by atoms with Gasteiger partial charge in [0.2, 0.25) is 0 Å². The van der Waals surface area contributed by atoms with Crippen LogP contribution in [-0.2, 0) is 32.1 Å². The molecule has 0 radical (unpaired) electrons. The Hall–Kier alpha value is -17.4. The first kappa shape index (κ1) is 91.7. The molecule has 0 fully saturated rings. The van der Waals surface area contributed by atoms with Crippen molar-refractivity contribution in [2.45, 2.75) is 66.7 Å². The minimum Gasteiger partial charge on any atom is -0.0622 e. The Morgan fingerprint density at radius 2 is 0.285 bits per heavy atom. The van der Waals surface area contributed by atoms with Gasteiger partial charge in [0.15, 0.2) is 0 Å². The second kappa shape index (κ2) is 41.9. The summed E-state index contributed by atoms with van der Waals surface area (Å²) in [4.78, 5) is 0. The molecule has 0 atom stereocenters. The molecule has 0 bridgehead atoms. The van der Waals surface area contributed by atoms with E-state index in [1.807, 2.05) is 0 Å². The zero-order valence-electron chi connectivity index (χ0n) is 82.3. The largest absolute Gasteiger partial charge is 0.0622 e. The van der Waals surface area contributed by atoms with Crippen LogP contribution in [0.2, 0.25) is 0 Å². The highest BCUT2D eigenvalue weighted by molar-refractivity contribution is 6.16. The molecule has 26 aromatic carbocycles. The molecule has 26 rings (SSSR count). The predicted molar refractivity (Wildman–Crippen MR) is 626 cm³/mol. The number of hydrogen-bond acceptors (Lipinski definition) is 0. The molecular weight excluding hydrogens is 1730 g/mol. The predicted octanol–water partition coefficient (Wildman–Crippen LogP) is 40.6. The zero-order chi connectivity index (χ0) is 97.2. The van der Waals surface area contributed by atoms with Gasteiger partial charge in [-0.2, -0.15) is 0 Å². The molecule has 0 aromatic heterocycles. The molecule has 0 unspecified atom stereocenters. The monoisotopic (exact) mass is 1840 g/mol. The number of benzene rings is 26. The van der Waals surface area contributed by atoms with Gasteiger partial charge in [-0.1, -0.05) is 544 Å². The van der Waals surface area contributed by atoms with E-state index >= 15 is 0 Å². The molecule has 0 nitrogen and oxygen atoms in total. The SMILES string of the molecule is CCc1ccc(-c2ccc3ccccc3c2)c2cccc(-c3ccc4ccccc4c3)c12.CCc1ccc(-c2ccc3ccccc3c2)c2cccc(-c3ccccc3)c12.CCc1ccc(-c2cccc3ccccc23)c2cccc(-c3cccc4ccccc34)c12.CCc1ccc(-c2cccc3ccccc23)c2cccc(-c3ccccc3)c12.CCc1ccc(-c2ccccc2)c2cccc(-c3ccccc3)c12. The van der Waals surface area contributed by atoms with Crippen molar-refractivity contribution < 1.29 is 0 Å². The molecular formula is C144H112. The second-order valence-corrected chi connectivity index (χ2v) is 37.5. The van der Waals surface area contributed by atoms with Crippen LogP contribution in [0.15, 0.2) is 528 Å². The average molecular weight is 1840 g/mol. The summed E-state index contributed by atoms with van der Waals surface area (Å²) >= 11 is 0. The van der Waals surface area contributed by atoms with Crippen molar-refractivity contribution in [3.8, 4) is 111 Å². The van der Waals surface area contributed by atoms with E-state index in [2.05, 4.69) is 562 Å². The molecule has 0 saturated heterocycles. The molecule has 26 aromatic rings. The Kier molecular flexibility index (Phi) is 26.7. The summed E-state index contributed by atoms with van der Waals surface area (Å²) in [5, 5.41) is 29.0. The quantitative estimate of drug-likeness (QED) is 0.0960. The lowest BCUT2D eigenvalue weighted by molar-refractivity contribution is 1.16. The highest BCUT2D eigenvalue weighted by atomic mass is 14.3. The Morgan fingerprint density at radius 3 is 0.583 bits per heavy atom. The normalized spacial score (nSPS) is 11.2. The molecule has 0 aliphatic carbocycles. The molecule has 0 N–H and O–H groups in total. The van der Waals surface area contributed by atoms with Gasteiger partial charge in [0.05, 0.1) is 0 Å². The maximum Gasteiger partial charge on any atom is -0.00670 e. The van der Waals surface area contributed by atoms with Crippen LogP contribution in [-0.4, -0.2) is 0 Å². The van der Waals surface area contributed by atoms with Crippen LogP contribution in [0.4, 0.5) is 0 Å². The van der Waals surface area contributed by atoms with Crippen LogP contribution in [0, 0.1) is 0 Å². The van der Waals surface area contributed by atoms with Gasteiger partial charge in [-0.05, 0) is 308 Å². The van der Waals surface area contributed by atoms with Gasteiger partial charge >= 0.3 is 0 Å². The van der Waals surface area contributed by atoms with Crippen LogP contribution in [0.3, 0.4) is 0 Å². The molecule has 0 heterocycles. The maximum absolute atomic E-state index is 2.33. The summed E-state index contributed by atoms with van der Waals surface area (Å²) in [6, 6.07) is 192. The lowest BCUT2D eigenvalue weighted by Crippen LogP contribution is -1.92. The first-order valence-electron chi connectivity index (χ1n) is 51.1. The minimum atomic E-state index is 1.01. The van der Waals surface area contributed by atoms with Gasteiger partial charge in [-0.3, -0.25) is 0 Å². The van der Waals surface area contributed by atoms with Gasteiger partial charge in [0.25, 0.3) is 0 Å². The molecule has 688 valence electrons. The summed E-state index contributed by atoms with van der Waals surface area (Å²) in [6.07, 6.45) is 5.11. The Morgan fingerprint density at radius 1 is 0.104 bits per heavy atom. The summed E-state index contributed by atoms with van der Waals surface area (Å²) in [6.45, 7) is 11.2. The fourth-order valence-electron chi connectivity index (χ4n) is 22.2. The minimum absolute atomic E-state index is 1.01. The third-order valence-electron chi connectivity index (χ3n) is 29.3. The summed E-state index contributed by atoms with van der Waals surface area (Å²) in [5.74, 6) is 0. The van der Waals surface area contributed by atoms with E-state index in [1.54, 1.807) is 0 Å².